The minimum absolute atomic E-state index is 0.182. The molecule has 0 unspecified atom stereocenters. The van der Waals surface area contributed by atoms with Gasteiger partial charge in [-0.2, -0.15) is 0 Å². The summed E-state index contributed by atoms with van der Waals surface area (Å²) in [6.07, 6.45) is 0. The summed E-state index contributed by atoms with van der Waals surface area (Å²) in [5.74, 6) is 0.190. The van der Waals surface area contributed by atoms with Gasteiger partial charge < -0.3 is 18.8 Å². The van der Waals surface area contributed by atoms with Crippen LogP contribution in [0.2, 0.25) is 0 Å². The number of benzene rings is 2. The molecule has 6 nitrogen and oxygen atoms in total. The third-order valence-electron chi connectivity index (χ3n) is 4.48. The Bertz CT molecular complexity index is 945. The van der Waals surface area contributed by atoms with Crippen molar-refractivity contribution in [3.63, 3.8) is 0 Å². The number of carbonyl (C=O) groups excluding carboxylic acids is 2. The number of amides is 1. The van der Waals surface area contributed by atoms with E-state index < -0.39 is 0 Å². The Balaban J connectivity index is 1.26. The Morgan fingerprint density at radius 2 is 1.61 bits per heavy atom. The van der Waals surface area contributed by atoms with Crippen LogP contribution in [-0.2, 0) is 16.1 Å². The second-order valence-corrected chi connectivity index (χ2v) is 6.53. The van der Waals surface area contributed by atoms with Gasteiger partial charge >= 0.3 is 5.97 Å². The smallest absolute Gasteiger partial charge is 0.312 e. The summed E-state index contributed by atoms with van der Waals surface area (Å²) in [6.45, 7) is 0.882. The van der Waals surface area contributed by atoms with Crippen molar-refractivity contribution in [3.05, 3.63) is 84.1 Å². The van der Waals surface area contributed by atoms with Crippen molar-refractivity contribution < 1.29 is 23.5 Å². The second kappa shape index (κ2) is 8.00. The van der Waals surface area contributed by atoms with E-state index in [1.54, 1.807) is 29.2 Å². The molecule has 1 aliphatic rings. The minimum atomic E-state index is -0.303. The molecule has 0 bridgehead atoms. The molecule has 0 spiro atoms. The zero-order valence-electron chi connectivity index (χ0n) is 15.1. The molecule has 6 heteroatoms. The molecule has 142 valence electrons. The number of esters is 1. The molecule has 3 aromatic rings. The third-order valence-corrected chi connectivity index (χ3v) is 4.48. The number of nitrogens with zero attached hydrogens (tertiary/aromatic N) is 1. The Morgan fingerprint density at radius 1 is 0.929 bits per heavy atom. The summed E-state index contributed by atoms with van der Waals surface area (Å²) in [6, 6.07) is 21.8. The van der Waals surface area contributed by atoms with Crippen LogP contribution in [0, 0.1) is 5.92 Å². The van der Waals surface area contributed by atoms with E-state index >= 15 is 0 Å². The first-order valence-electron chi connectivity index (χ1n) is 9.01. The predicted molar refractivity (Wildman–Crippen MR) is 101 cm³/mol. The van der Waals surface area contributed by atoms with Gasteiger partial charge in [0.15, 0.2) is 5.76 Å². The van der Waals surface area contributed by atoms with Crippen molar-refractivity contribution >= 4 is 11.9 Å². The minimum Gasteiger partial charge on any atom is -0.460 e. The molecular formula is C22H19NO5. The number of hydrogen-bond donors (Lipinski definition) is 0. The van der Waals surface area contributed by atoms with E-state index in [9.17, 15) is 9.59 Å². The first-order chi connectivity index (χ1) is 13.7. The quantitative estimate of drug-likeness (QED) is 0.610. The fourth-order valence-corrected chi connectivity index (χ4v) is 2.89. The molecule has 0 saturated carbocycles. The zero-order chi connectivity index (χ0) is 19.3. The maximum Gasteiger partial charge on any atom is 0.312 e. The summed E-state index contributed by atoms with van der Waals surface area (Å²) in [7, 11) is 0. The molecule has 2 aromatic carbocycles. The molecule has 0 atom stereocenters. The van der Waals surface area contributed by atoms with E-state index in [-0.39, 0.29) is 36.1 Å². The average Bonchev–Trinajstić information content (AvgIpc) is 3.15. The molecule has 1 amide bonds. The Hall–Kier alpha value is -3.54. The van der Waals surface area contributed by atoms with E-state index in [0.717, 1.165) is 5.56 Å². The van der Waals surface area contributed by atoms with Gasteiger partial charge in [-0.1, -0.05) is 48.5 Å². The maximum absolute atomic E-state index is 12.5. The van der Waals surface area contributed by atoms with Crippen LogP contribution in [0.25, 0.3) is 0 Å². The molecule has 1 aromatic heterocycles. The molecule has 0 radical (unpaired) electrons. The maximum atomic E-state index is 12.5. The van der Waals surface area contributed by atoms with Gasteiger partial charge in [-0.05, 0) is 23.8 Å². The van der Waals surface area contributed by atoms with Crippen LogP contribution in [-0.4, -0.2) is 29.9 Å². The molecule has 28 heavy (non-hydrogen) atoms. The molecule has 0 aliphatic carbocycles. The average molecular weight is 377 g/mol. The molecule has 1 aliphatic heterocycles. The van der Waals surface area contributed by atoms with Crippen LogP contribution in [0.3, 0.4) is 0 Å². The number of furan rings is 1. The van der Waals surface area contributed by atoms with Gasteiger partial charge in [-0.25, -0.2) is 0 Å². The van der Waals surface area contributed by atoms with Gasteiger partial charge in [0.1, 0.15) is 12.4 Å². The van der Waals surface area contributed by atoms with Gasteiger partial charge in [0, 0.05) is 19.2 Å². The van der Waals surface area contributed by atoms with Crippen molar-refractivity contribution in [1.29, 1.82) is 0 Å². The predicted octanol–water partition coefficient (Wildman–Crippen LogP) is 3.89. The lowest BCUT2D eigenvalue weighted by Crippen LogP contribution is -2.53. The lowest BCUT2D eigenvalue weighted by atomic mass is 10.00. The van der Waals surface area contributed by atoms with Crippen molar-refractivity contribution in [3.8, 4) is 11.7 Å². The number of para-hydroxylation sites is 1. The van der Waals surface area contributed by atoms with E-state index in [1.165, 1.54) is 0 Å². The van der Waals surface area contributed by atoms with Crippen molar-refractivity contribution in [1.82, 2.24) is 4.90 Å². The van der Waals surface area contributed by atoms with Crippen LogP contribution in [0.1, 0.15) is 16.1 Å². The van der Waals surface area contributed by atoms with Crippen molar-refractivity contribution in [2.75, 3.05) is 13.1 Å². The normalized spacial score (nSPS) is 13.6. The molecule has 2 heterocycles. The molecule has 1 saturated heterocycles. The highest BCUT2D eigenvalue weighted by atomic mass is 16.6. The SMILES string of the molecule is O=C(OCc1ccccc1)C1CN(C(=O)c2ccc(Oc3ccccc3)o2)C1. The van der Waals surface area contributed by atoms with E-state index in [4.69, 9.17) is 13.9 Å². The summed E-state index contributed by atoms with van der Waals surface area (Å²) < 4.78 is 16.4. The topological polar surface area (TPSA) is 69.0 Å². The fourth-order valence-electron chi connectivity index (χ4n) is 2.89. The molecule has 4 rings (SSSR count). The van der Waals surface area contributed by atoms with E-state index in [2.05, 4.69) is 0 Å². The second-order valence-electron chi connectivity index (χ2n) is 6.53. The fraction of sp³-hybridized carbons (Fsp3) is 0.182. The van der Waals surface area contributed by atoms with Crippen LogP contribution >= 0.6 is 0 Å². The summed E-state index contributed by atoms with van der Waals surface area (Å²) in [5, 5.41) is 0. The van der Waals surface area contributed by atoms with Crippen LogP contribution < -0.4 is 4.74 Å². The lowest BCUT2D eigenvalue weighted by molar-refractivity contribution is -0.154. The van der Waals surface area contributed by atoms with Crippen LogP contribution in [0.5, 0.6) is 11.7 Å². The van der Waals surface area contributed by atoms with Gasteiger partial charge in [-0.3, -0.25) is 9.59 Å². The first-order valence-corrected chi connectivity index (χ1v) is 9.01. The van der Waals surface area contributed by atoms with Gasteiger partial charge in [0.25, 0.3) is 11.9 Å². The lowest BCUT2D eigenvalue weighted by Gasteiger charge is -2.36. The summed E-state index contributed by atoms with van der Waals surface area (Å²) >= 11 is 0. The number of ether oxygens (including phenoxy) is 2. The summed E-state index contributed by atoms with van der Waals surface area (Å²) in [4.78, 5) is 26.1. The summed E-state index contributed by atoms with van der Waals surface area (Å²) in [5.41, 5.74) is 0.935. The van der Waals surface area contributed by atoms with Gasteiger partial charge in [-0.15, -0.1) is 0 Å². The third kappa shape index (κ3) is 4.06. The highest BCUT2D eigenvalue weighted by Crippen LogP contribution is 2.26. The Labute approximate surface area is 162 Å². The zero-order valence-corrected chi connectivity index (χ0v) is 15.1. The Kier molecular flexibility index (Phi) is 5.10. The monoisotopic (exact) mass is 377 g/mol. The molecular weight excluding hydrogens is 358 g/mol. The van der Waals surface area contributed by atoms with Crippen molar-refractivity contribution in [2.45, 2.75) is 6.61 Å². The highest BCUT2D eigenvalue weighted by Gasteiger charge is 2.38. The van der Waals surface area contributed by atoms with Crippen LogP contribution in [0.15, 0.2) is 77.2 Å². The highest BCUT2D eigenvalue weighted by molar-refractivity contribution is 5.93. The first kappa shape index (κ1) is 17.9. The number of carbonyl (C=O) groups is 2. The molecule has 1 fully saturated rings. The number of rotatable bonds is 6. The Morgan fingerprint density at radius 3 is 2.32 bits per heavy atom. The number of likely N-dealkylation sites (tertiary alicyclic amines) is 1. The van der Waals surface area contributed by atoms with E-state index in [0.29, 0.717) is 18.8 Å². The van der Waals surface area contributed by atoms with Crippen LogP contribution in [0.4, 0.5) is 0 Å². The largest absolute Gasteiger partial charge is 0.460 e. The van der Waals surface area contributed by atoms with E-state index in [1.807, 2.05) is 48.5 Å². The number of hydrogen-bond acceptors (Lipinski definition) is 5. The standard InChI is InChI=1S/C22H19NO5/c24-21(19-11-12-20(28-19)27-18-9-5-2-6-10-18)23-13-17(14-23)22(25)26-15-16-7-3-1-4-8-16/h1-12,17H,13-15H2. The van der Waals surface area contributed by atoms with Gasteiger partial charge in [0.2, 0.25) is 0 Å². The van der Waals surface area contributed by atoms with Crippen molar-refractivity contribution in [2.24, 2.45) is 5.92 Å². The van der Waals surface area contributed by atoms with Gasteiger partial charge in [0.05, 0.1) is 5.92 Å². The molecule has 0 N–H and O–H groups in total.